The zero-order valence-corrected chi connectivity index (χ0v) is 16.0. The Labute approximate surface area is 163 Å². The molecule has 28 heavy (non-hydrogen) atoms. The number of carbonyl (C=O) groups excluding carboxylic acids is 2. The van der Waals surface area contributed by atoms with E-state index in [1.807, 2.05) is 0 Å². The van der Waals surface area contributed by atoms with Gasteiger partial charge in [-0.05, 0) is 30.1 Å². The molecule has 0 radical (unpaired) electrons. The molecule has 1 atom stereocenters. The van der Waals surface area contributed by atoms with E-state index in [0.717, 1.165) is 0 Å². The molecule has 0 bridgehead atoms. The molecular formula is C16H24N6O5S. The average molecular weight is 412 g/mol. The third-order valence-corrected chi connectivity index (χ3v) is 5.39. The predicted molar refractivity (Wildman–Crippen MR) is 101 cm³/mol. The number of piperidine rings is 1. The molecule has 1 saturated heterocycles. The Morgan fingerprint density at radius 3 is 2.68 bits per heavy atom. The summed E-state index contributed by atoms with van der Waals surface area (Å²) in [6.07, 6.45) is 0.948. The SMILES string of the molecule is NC(N)=NOCCNC(=O)CN1CCC[C@H](NS(=O)(=O)c2ccccc2)C1=O. The number of nitrogens with one attached hydrogen (secondary N) is 2. The second-order valence-electron chi connectivity index (χ2n) is 6.09. The largest absolute Gasteiger partial charge is 0.391 e. The number of hydrogen-bond donors (Lipinski definition) is 4. The van der Waals surface area contributed by atoms with Crippen molar-refractivity contribution < 1.29 is 22.8 Å². The molecule has 1 aliphatic rings. The number of nitrogens with zero attached hydrogens (tertiary/aromatic N) is 2. The molecule has 11 nitrogen and oxygen atoms in total. The van der Waals surface area contributed by atoms with Crippen molar-refractivity contribution in [2.45, 2.75) is 23.8 Å². The molecule has 6 N–H and O–H groups in total. The van der Waals surface area contributed by atoms with Crippen LogP contribution in [0.25, 0.3) is 0 Å². The summed E-state index contributed by atoms with van der Waals surface area (Å²) in [6.45, 7) is 0.420. The minimum Gasteiger partial charge on any atom is -0.391 e. The van der Waals surface area contributed by atoms with Crippen molar-refractivity contribution in [3.05, 3.63) is 30.3 Å². The van der Waals surface area contributed by atoms with Crippen molar-refractivity contribution in [2.75, 3.05) is 26.2 Å². The van der Waals surface area contributed by atoms with Gasteiger partial charge in [0.05, 0.1) is 18.0 Å². The quantitative estimate of drug-likeness (QED) is 0.162. The Balaban J connectivity index is 1.86. The van der Waals surface area contributed by atoms with E-state index in [4.69, 9.17) is 16.3 Å². The second kappa shape index (κ2) is 9.90. The van der Waals surface area contributed by atoms with Crippen LogP contribution in [0.15, 0.2) is 40.4 Å². The molecule has 1 fully saturated rings. The molecule has 1 heterocycles. The van der Waals surface area contributed by atoms with E-state index in [2.05, 4.69) is 15.2 Å². The van der Waals surface area contributed by atoms with Crippen LogP contribution in [0.2, 0.25) is 0 Å². The molecule has 2 rings (SSSR count). The number of rotatable bonds is 9. The lowest BCUT2D eigenvalue weighted by Gasteiger charge is -2.32. The number of hydrogen-bond acceptors (Lipinski definition) is 6. The van der Waals surface area contributed by atoms with Crippen LogP contribution >= 0.6 is 0 Å². The fourth-order valence-corrected chi connectivity index (χ4v) is 3.89. The van der Waals surface area contributed by atoms with Crippen LogP contribution in [0, 0.1) is 0 Å². The van der Waals surface area contributed by atoms with Crippen LogP contribution in [0.3, 0.4) is 0 Å². The summed E-state index contributed by atoms with van der Waals surface area (Å²) in [5, 5.41) is 5.88. The molecule has 0 saturated carbocycles. The maximum absolute atomic E-state index is 12.6. The van der Waals surface area contributed by atoms with Gasteiger partial charge in [0.25, 0.3) is 0 Å². The fraction of sp³-hybridized carbons (Fsp3) is 0.438. The van der Waals surface area contributed by atoms with E-state index in [0.29, 0.717) is 19.4 Å². The summed E-state index contributed by atoms with van der Waals surface area (Å²) in [5.41, 5.74) is 10.2. The molecule has 0 spiro atoms. The van der Waals surface area contributed by atoms with Gasteiger partial charge in [-0.2, -0.15) is 4.72 Å². The van der Waals surface area contributed by atoms with Gasteiger partial charge in [-0.1, -0.05) is 18.2 Å². The topological polar surface area (TPSA) is 169 Å². The first kappa shape index (κ1) is 21.4. The fourth-order valence-electron chi connectivity index (χ4n) is 2.65. The highest BCUT2D eigenvalue weighted by Gasteiger charge is 2.33. The number of guanidine groups is 1. The van der Waals surface area contributed by atoms with Crippen LogP contribution in [-0.4, -0.2) is 63.4 Å². The monoisotopic (exact) mass is 412 g/mol. The normalized spacial score (nSPS) is 17.1. The van der Waals surface area contributed by atoms with E-state index in [-0.39, 0.29) is 30.6 Å². The first-order valence-electron chi connectivity index (χ1n) is 8.63. The molecule has 154 valence electrons. The van der Waals surface area contributed by atoms with Crippen LogP contribution in [-0.2, 0) is 24.4 Å². The van der Waals surface area contributed by atoms with E-state index in [1.54, 1.807) is 18.2 Å². The Bertz CT molecular complexity index is 810. The van der Waals surface area contributed by atoms with Crippen LogP contribution in [0.5, 0.6) is 0 Å². The van der Waals surface area contributed by atoms with Crippen LogP contribution < -0.4 is 21.5 Å². The molecule has 12 heteroatoms. The predicted octanol–water partition coefficient (Wildman–Crippen LogP) is -1.72. The minimum atomic E-state index is -3.82. The Morgan fingerprint density at radius 1 is 1.29 bits per heavy atom. The highest BCUT2D eigenvalue weighted by molar-refractivity contribution is 7.89. The van der Waals surface area contributed by atoms with Crippen LogP contribution in [0.1, 0.15) is 12.8 Å². The van der Waals surface area contributed by atoms with Crippen molar-refractivity contribution in [3.8, 4) is 0 Å². The maximum atomic E-state index is 12.6. The molecule has 0 unspecified atom stereocenters. The summed E-state index contributed by atoms with van der Waals surface area (Å²) in [5.74, 6) is -1.06. The molecular weight excluding hydrogens is 388 g/mol. The summed E-state index contributed by atoms with van der Waals surface area (Å²) < 4.78 is 27.3. The Hall–Kier alpha value is -2.86. The van der Waals surface area contributed by atoms with Gasteiger partial charge in [0.1, 0.15) is 12.6 Å². The first-order chi connectivity index (χ1) is 13.3. The van der Waals surface area contributed by atoms with E-state index in [1.165, 1.54) is 17.0 Å². The number of sulfonamides is 1. The number of benzene rings is 1. The number of nitrogens with two attached hydrogens (primary N) is 2. The number of carbonyl (C=O) groups is 2. The van der Waals surface area contributed by atoms with Crippen molar-refractivity contribution in [2.24, 2.45) is 16.6 Å². The molecule has 1 aliphatic heterocycles. The van der Waals surface area contributed by atoms with Gasteiger partial charge < -0.3 is 26.5 Å². The standard InChI is InChI=1S/C16H24N6O5S/c17-16(18)20-27-10-8-19-14(23)11-22-9-4-7-13(15(22)24)21-28(25,26)12-5-2-1-3-6-12/h1-3,5-6,13,21H,4,7-11H2,(H,19,23)(H4,17,18,20)/t13-/m0/s1. The zero-order valence-electron chi connectivity index (χ0n) is 15.2. The minimum absolute atomic E-state index is 0.0666. The highest BCUT2D eigenvalue weighted by Crippen LogP contribution is 2.15. The summed E-state index contributed by atoms with van der Waals surface area (Å²) >= 11 is 0. The zero-order chi connectivity index (χ0) is 20.6. The first-order valence-corrected chi connectivity index (χ1v) is 10.1. The van der Waals surface area contributed by atoms with E-state index < -0.39 is 27.9 Å². The van der Waals surface area contributed by atoms with Crippen molar-refractivity contribution >= 4 is 27.8 Å². The lowest BCUT2D eigenvalue weighted by molar-refractivity contribution is -0.139. The van der Waals surface area contributed by atoms with Gasteiger partial charge in [0.2, 0.25) is 27.8 Å². The van der Waals surface area contributed by atoms with Crippen molar-refractivity contribution in [1.82, 2.24) is 14.9 Å². The maximum Gasteiger partial charge on any atom is 0.241 e. The van der Waals surface area contributed by atoms with Crippen molar-refractivity contribution in [1.29, 1.82) is 0 Å². The summed E-state index contributed by atoms with van der Waals surface area (Å²) in [6, 6.07) is 6.90. The van der Waals surface area contributed by atoms with Gasteiger partial charge in [-0.15, -0.1) is 0 Å². The van der Waals surface area contributed by atoms with E-state index in [9.17, 15) is 18.0 Å². The van der Waals surface area contributed by atoms with Crippen LogP contribution in [0.4, 0.5) is 0 Å². The molecule has 2 amide bonds. The van der Waals surface area contributed by atoms with E-state index >= 15 is 0 Å². The van der Waals surface area contributed by atoms with Gasteiger partial charge in [0, 0.05) is 6.54 Å². The number of oxime groups is 1. The summed E-state index contributed by atoms with van der Waals surface area (Å²) in [7, 11) is -3.82. The molecule has 0 aromatic heterocycles. The number of likely N-dealkylation sites (tertiary alicyclic amines) is 1. The second-order valence-corrected chi connectivity index (χ2v) is 7.80. The Kier molecular flexibility index (Phi) is 7.58. The van der Waals surface area contributed by atoms with Gasteiger partial charge in [-0.3, -0.25) is 9.59 Å². The molecule has 1 aromatic rings. The third-order valence-electron chi connectivity index (χ3n) is 3.90. The Morgan fingerprint density at radius 2 is 2.00 bits per heavy atom. The van der Waals surface area contributed by atoms with Gasteiger partial charge in [-0.25, -0.2) is 8.42 Å². The highest BCUT2D eigenvalue weighted by atomic mass is 32.2. The van der Waals surface area contributed by atoms with Gasteiger partial charge in [0.15, 0.2) is 0 Å². The van der Waals surface area contributed by atoms with Crippen molar-refractivity contribution in [3.63, 3.8) is 0 Å². The molecule has 1 aromatic carbocycles. The van der Waals surface area contributed by atoms with Gasteiger partial charge >= 0.3 is 0 Å². The third kappa shape index (κ3) is 6.39. The lowest BCUT2D eigenvalue weighted by atomic mass is 10.1. The summed E-state index contributed by atoms with van der Waals surface area (Å²) in [4.78, 5) is 30.7. The smallest absolute Gasteiger partial charge is 0.241 e. The molecule has 0 aliphatic carbocycles. The number of amides is 2. The lowest BCUT2D eigenvalue weighted by Crippen LogP contribution is -2.54. The average Bonchev–Trinajstić information content (AvgIpc) is 2.65.